The monoisotopic (exact) mass is 362 g/mol. The van der Waals surface area contributed by atoms with Crippen molar-refractivity contribution in [3.63, 3.8) is 0 Å². The molecule has 1 aromatic heterocycles. The highest BCUT2D eigenvalue weighted by molar-refractivity contribution is 5.92. The van der Waals surface area contributed by atoms with E-state index < -0.39 is 4.92 Å². The summed E-state index contributed by atoms with van der Waals surface area (Å²) in [6.45, 7) is 3.68. The summed E-state index contributed by atoms with van der Waals surface area (Å²) in [4.78, 5) is 22.7. The summed E-state index contributed by atoms with van der Waals surface area (Å²) in [5.74, 6) is 0.960. The number of benzene rings is 1. The van der Waals surface area contributed by atoms with Gasteiger partial charge in [0.25, 0.3) is 0 Å². The summed E-state index contributed by atoms with van der Waals surface area (Å²) < 4.78 is 11.9. The van der Waals surface area contributed by atoms with Crippen LogP contribution >= 0.6 is 0 Å². The lowest BCUT2D eigenvalue weighted by Crippen LogP contribution is -2.14. The molecular weight excluding hydrogens is 340 g/mol. The number of carbonyl (C=O) groups excluding carboxylic acids is 1. The van der Waals surface area contributed by atoms with Crippen LogP contribution in [0.1, 0.15) is 24.2 Å². The number of hydrogen-bond acceptors (Lipinski definition) is 6. The molecule has 1 amide bonds. The van der Waals surface area contributed by atoms with Gasteiger partial charge in [0.15, 0.2) is 0 Å². The molecule has 9 heteroatoms. The molecule has 1 N–H and O–H groups in total. The third-order valence-corrected chi connectivity index (χ3v) is 3.98. The Morgan fingerprint density at radius 2 is 2.04 bits per heavy atom. The topological polar surface area (TPSA) is 109 Å². The van der Waals surface area contributed by atoms with Gasteiger partial charge in [-0.25, -0.2) is 0 Å². The fraction of sp³-hybridized carbons (Fsp3) is 0.412. The quantitative estimate of drug-likeness (QED) is 0.571. The van der Waals surface area contributed by atoms with E-state index in [-0.39, 0.29) is 18.0 Å². The Balaban J connectivity index is 1.94. The second-order valence-electron chi connectivity index (χ2n) is 5.72. The first-order valence-electron chi connectivity index (χ1n) is 8.07. The van der Waals surface area contributed by atoms with Crippen LogP contribution in [0, 0.1) is 24.0 Å². The second-order valence-corrected chi connectivity index (χ2v) is 5.72. The number of rotatable bonds is 8. The van der Waals surface area contributed by atoms with Crippen LogP contribution in [0.4, 0.5) is 11.4 Å². The van der Waals surface area contributed by atoms with Gasteiger partial charge in [-0.15, -0.1) is 0 Å². The number of nitrogens with one attached hydrogen (secondary N) is 1. The SMILES string of the molecule is COc1ccc(NC(=O)CCCn2nc(C)c([N+](=O)[O-])c2C)c(OC)c1. The normalized spacial score (nSPS) is 10.5. The number of methoxy groups -OCH3 is 2. The minimum Gasteiger partial charge on any atom is -0.497 e. The van der Waals surface area contributed by atoms with Gasteiger partial charge in [-0.3, -0.25) is 19.6 Å². The number of amides is 1. The summed E-state index contributed by atoms with van der Waals surface area (Å²) in [6, 6.07) is 5.12. The second kappa shape index (κ2) is 8.32. The Bertz CT molecular complexity index is 816. The van der Waals surface area contributed by atoms with Crippen LogP contribution in [0.3, 0.4) is 0 Å². The molecule has 1 heterocycles. The summed E-state index contributed by atoms with van der Waals surface area (Å²) in [6.07, 6.45) is 0.755. The molecule has 0 fully saturated rings. The molecule has 0 unspecified atom stereocenters. The molecule has 26 heavy (non-hydrogen) atoms. The maximum Gasteiger partial charge on any atom is 0.312 e. The van der Waals surface area contributed by atoms with Crippen molar-refractivity contribution < 1.29 is 19.2 Å². The minimum absolute atomic E-state index is 0.0254. The van der Waals surface area contributed by atoms with Crippen LogP contribution < -0.4 is 14.8 Å². The highest BCUT2D eigenvalue weighted by Gasteiger charge is 2.21. The van der Waals surface area contributed by atoms with Gasteiger partial charge >= 0.3 is 5.69 Å². The van der Waals surface area contributed by atoms with Crippen LogP contribution in [0.25, 0.3) is 0 Å². The van der Waals surface area contributed by atoms with E-state index >= 15 is 0 Å². The number of ether oxygens (including phenoxy) is 2. The zero-order valence-electron chi connectivity index (χ0n) is 15.2. The van der Waals surface area contributed by atoms with Crippen LogP contribution in [0.2, 0.25) is 0 Å². The number of anilines is 1. The molecule has 9 nitrogen and oxygen atoms in total. The van der Waals surface area contributed by atoms with E-state index in [1.807, 2.05) is 0 Å². The van der Waals surface area contributed by atoms with Crippen molar-refractivity contribution in [2.75, 3.05) is 19.5 Å². The molecule has 0 saturated carbocycles. The van der Waals surface area contributed by atoms with E-state index in [9.17, 15) is 14.9 Å². The van der Waals surface area contributed by atoms with Crippen LogP contribution in [-0.4, -0.2) is 34.8 Å². The summed E-state index contributed by atoms with van der Waals surface area (Å²) in [5.41, 5.74) is 1.45. The van der Waals surface area contributed by atoms with Crippen molar-refractivity contribution in [1.29, 1.82) is 0 Å². The molecule has 0 atom stereocenters. The number of hydrogen-bond donors (Lipinski definition) is 1. The molecular formula is C17H22N4O5. The summed E-state index contributed by atoms with van der Waals surface area (Å²) in [7, 11) is 3.07. The van der Waals surface area contributed by atoms with E-state index in [1.165, 1.54) is 7.11 Å². The first kappa shape index (κ1) is 19.2. The fourth-order valence-corrected chi connectivity index (χ4v) is 2.67. The minimum atomic E-state index is -0.434. The van der Waals surface area contributed by atoms with Crippen molar-refractivity contribution in [3.05, 3.63) is 39.7 Å². The van der Waals surface area contributed by atoms with E-state index in [0.29, 0.717) is 41.5 Å². The van der Waals surface area contributed by atoms with Gasteiger partial charge in [0.2, 0.25) is 5.91 Å². The lowest BCUT2D eigenvalue weighted by molar-refractivity contribution is -0.386. The van der Waals surface area contributed by atoms with Gasteiger partial charge in [-0.1, -0.05) is 0 Å². The number of nitro groups is 1. The molecule has 0 aliphatic carbocycles. The molecule has 0 aliphatic heterocycles. The van der Waals surface area contributed by atoms with E-state index in [1.54, 1.807) is 43.8 Å². The molecule has 2 rings (SSSR count). The van der Waals surface area contributed by atoms with Gasteiger partial charge in [-0.2, -0.15) is 5.10 Å². The first-order valence-corrected chi connectivity index (χ1v) is 8.07. The molecule has 1 aromatic carbocycles. The van der Waals surface area contributed by atoms with Gasteiger partial charge in [0, 0.05) is 19.0 Å². The average Bonchev–Trinajstić information content (AvgIpc) is 2.89. The predicted octanol–water partition coefficient (Wildman–Crippen LogP) is 2.84. The Kier molecular flexibility index (Phi) is 6.16. The number of aromatic nitrogens is 2. The Morgan fingerprint density at radius 1 is 1.31 bits per heavy atom. The zero-order chi connectivity index (χ0) is 19.3. The Morgan fingerprint density at radius 3 is 2.62 bits per heavy atom. The van der Waals surface area contributed by atoms with E-state index in [4.69, 9.17) is 9.47 Å². The van der Waals surface area contributed by atoms with Gasteiger partial charge in [0.1, 0.15) is 22.9 Å². The molecule has 0 bridgehead atoms. The third kappa shape index (κ3) is 4.29. The lowest BCUT2D eigenvalue weighted by Gasteiger charge is -2.11. The van der Waals surface area contributed by atoms with Crippen molar-refractivity contribution in [2.45, 2.75) is 33.2 Å². The van der Waals surface area contributed by atoms with Crippen molar-refractivity contribution in [1.82, 2.24) is 9.78 Å². The maximum atomic E-state index is 12.2. The molecule has 0 radical (unpaired) electrons. The van der Waals surface area contributed by atoms with Crippen LogP contribution in [-0.2, 0) is 11.3 Å². The molecule has 140 valence electrons. The van der Waals surface area contributed by atoms with Gasteiger partial charge < -0.3 is 14.8 Å². The summed E-state index contributed by atoms with van der Waals surface area (Å²) in [5, 5.41) is 18.0. The Hall–Kier alpha value is -3.10. The molecule has 0 spiro atoms. The number of aryl methyl sites for hydroxylation is 2. The highest BCUT2D eigenvalue weighted by atomic mass is 16.6. The third-order valence-electron chi connectivity index (χ3n) is 3.98. The predicted molar refractivity (Wildman–Crippen MR) is 95.8 cm³/mol. The standard InChI is InChI=1S/C17H22N4O5/c1-11-17(21(23)24)12(2)20(19-11)9-5-6-16(22)18-14-8-7-13(25-3)10-15(14)26-4/h7-8,10H,5-6,9H2,1-4H3,(H,18,22). The van der Waals surface area contributed by atoms with Crippen molar-refractivity contribution in [3.8, 4) is 11.5 Å². The smallest absolute Gasteiger partial charge is 0.312 e. The van der Waals surface area contributed by atoms with Crippen LogP contribution in [0.5, 0.6) is 11.5 Å². The zero-order valence-corrected chi connectivity index (χ0v) is 15.2. The number of carbonyl (C=O) groups is 1. The van der Waals surface area contributed by atoms with Gasteiger partial charge in [-0.05, 0) is 32.4 Å². The van der Waals surface area contributed by atoms with Gasteiger partial charge in [0.05, 0.1) is 24.8 Å². The Labute approximate surface area is 151 Å². The van der Waals surface area contributed by atoms with Crippen molar-refractivity contribution in [2.24, 2.45) is 0 Å². The summed E-state index contributed by atoms with van der Waals surface area (Å²) >= 11 is 0. The van der Waals surface area contributed by atoms with E-state index in [0.717, 1.165) is 0 Å². The average molecular weight is 362 g/mol. The molecule has 2 aromatic rings. The molecule has 0 saturated heterocycles. The van der Waals surface area contributed by atoms with Crippen LogP contribution in [0.15, 0.2) is 18.2 Å². The lowest BCUT2D eigenvalue weighted by atomic mass is 10.2. The van der Waals surface area contributed by atoms with Crippen molar-refractivity contribution >= 4 is 17.3 Å². The van der Waals surface area contributed by atoms with E-state index in [2.05, 4.69) is 10.4 Å². The first-order chi connectivity index (χ1) is 12.4. The fourth-order valence-electron chi connectivity index (χ4n) is 2.67. The maximum absolute atomic E-state index is 12.2. The number of nitrogens with zero attached hydrogens (tertiary/aromatic N) is 3. The molecule has 0 aliphatic rings. The largest absolute Gasteiger partial charge is 0.497 e. The highest BCUT2D eigenvalue weighted by Crippen LogP contribution is 2.29.